The Morgan fingerprint density at radius 2 is 2.21 bits per heavy atom. The zero-order valence-electron chi connectivity index (χ0n) is 12.4. The van der Waals surface area contributed by atoms with E-state index in [0.717, 1.165) is 19.4 Å². The first kappa shape index (κ1) is 15.4. The van der Waals surface area contributed by atoms with Gasteiger partial charge in [-0.25, -0.2) is 0 Å². The molecule has 1 rings (SSSR count). The lowest BCUT2D eigenvalue weighted by molar-refractivity contribution is -0.725. The highest BCUT2D eigenvalue weighted by Gasteiger charge is 2.24. The number of hydrogen-bond acceptors (Lipinski definition) is 5. The van der Waals surface area contributed by atoms with Gasteiger partial charge in [-0.05, 0) is 47.3 Å². The van der Waals surface area contributed by atoms with E-state index >= 15 is 0 Å². The Kier molecular flexibility index (Phi) is 5.29. The predicted octanol–water partition coefficient (Wildman–Crippen LogP) is 0.584. The lowest BCUT2D eigenvalue weighted by Crippen LogP contribution is -2.56. The SMILES string of the molecule is CC(=O)Nc1c[n+](NC(C)(C)CCCN(C)C)no1. The fourth-order valence-electron chi connectivity index (χ4n) is 1.73. The summed E-state index contributed by atoms with van der Waals surface area (Å²) in [4.78, 5) is 14.5. The van der Waals surface area contributed by atoms with Crippen LogP contribution < -0.4 is 15.5 Å². The van der Waals surface area contributed by atoms with Crippen molar-refractivity contribution in [2.75, 3.05) is 31.4 Å². The molecule has 19 heavy (non-hydrogen) atoms. The second-order valence-electron chi connectivity index (χ2n) is 5.59. The topological polar surface area (TPSA) is 74.3 Å². The van der Waals surface area contributed by atoms with E-state index in [1.807, 2.05) is 0 Å². The fraction of sp³-hybridized carbons (Fsp3) is 0.750. The largest absolute Gasteiger partial charge is 0.309 e. The molecule has 0 aliphatic heterocycles. The molecule has 0 saturated heterocycles. The van der Waals surface area contributed by atoms with E-state index in [9.17, 15) is 4.79 Å². The Hall–Kier alpha value is -1.63. The molecule has 7 nitrogen and oxygen atoms in total. The summed E-state index contributed by atoms with van der Waals surface area (Å²) >= 11 is 0. The van der Waals surface area contributed by atoms with Crippen molar-refractivity contribution in [1.29, 1.82) is 0 Å². The third-order valence-electron chi connectivity index (χ3n) is 2.59. The number of carbonyl (C=O) groups excluding carboxylic acids is 1. The summed E-state index contributed by atoms with van der Waals surface area (Å²) in [6, 6.07) is 0. The number of amides is 1. The normalized spacial score (nSPS) is 11.7. The highest BCUT2D eigenvalue weighted by Crippen LogP contribution is 2.11. The zero-order chi connectivity index (χ0) is 14.5. The number of aromatic nitrogens is 2. The van der Waals surface area contributed by atoms with Gasteiger partial charge in [0.25, 0.3) is 6.20 Å². The van der Waals surface area contributed by atoms with Gasteiger partial charge in [-0.1, -0.05) is 0 Å². The minimum Gasteiger partial charge on any atom is -0.309 e. The summed E-state index contributed by atoms with van der Waals surface area (Å²) in [5.41, 5.74) is 3.12. The van der Waals surface area contributed by atoms with Gasteiger partial charge in [0.05, 0.1) is 10.3 Å². The number of hydrogen-bond donors (Lipinski definition) is 2. The summed E-state index contributed by atoms with van der Waals surface area (Å²) in [6.07, 6.45) is 3.69. The fourth-order valence-corrected chi connectivity index (χ4v) is 1.73. The van der Waals surface area contributed by atoms with Gasteiger partial charge in [0.1, 0.15) is 0 Å². The van der Waals surface area contributed by atoms with Crippen LogP contribution in [0.15, 0.2) is 10.7 Å². The van der Waals surface area contributed by atoms with Gasteiger partial charge < -0.3 is 4.90 Å². The molecule has 0 atom stereocenters. The zero-order valence-corrected chi connectivity index (χ0v) is 12.4. The second-order valence-corrected chi connectivity index (χ2v) is 5.59. The van der Waals surface area contributed by atoms with Crippen molar-refractivity contribution in [2.45, 2.75) is 39.2 Å². The van der Waals surface area contributed by atoms with Crippen molar-refractivity contribution >= 4 is 11.8 Å². The first-order chi connectivity index (χ1) is 8.78. The molecule has 0 radical (unpaired) electrons. The van der Waals surface area contributed by atoms with E-state index in [-0.39, 0.29) is 11.4 Å². The predicted molar refractivity (Wildman–Crippen MR) is 72.2 cm³/mol. The highest BCUT2D eigenvalue weighted by atomic mass is 16.5. The molecule has 0 aromatic carbocycles. The standard InChI is InChI=1S/C12H23N5O2/c1-10(18)13-11-9-17(15-19-11)14-12(2,3)7-6-8-16(4)5/h9H,6-8H2,1-5H3,(H-,13,14,15,18)/p+1. The molecule has 0 aliphatic carbocycles. The van der Waals surface area contributed by atoms with E-state index in [4.69, 9.17) is 4.52 Å². The monoisotopic (exact) mass is 270 g/mol. The first-order valence-corrected chi connectivity index (χ1v) is 6.38. The maximum atomic E-state index is 10.9. The average Bonchev–Trinajstić information content (AvgIpc) is 2.62. The molecular weight excluding hydrogens is 246 g/mol. The molecule has 1 amide bonds. The van der Waals surface area contributed by atoms with Crippen LogP contribution in [0.3, 0.4) is 0 Å². The van der Waals surface area contributed by atoms with Gasteiger partial charge in [-0.2, -0.15) is 5.43 Å². The van der Waals surface area contributed by atoms with Gasteiger partial charge in [0.2, 0.25) is 11.2 Å². The first-order valence-electron chi connectivity index (χ1n) is 6.38. The molecule has 0 spiro atoms. The molecule has 1 aromatic heterocycles. The summed E-state index contributed by atoms with van der Waals surface area (Å²) in [7, 11) is 4.12. The Bertz CT molecular complexity index is 414. The Morgan fingerprint density at radius 3 is 2.79 bits per heavy atom. The molecule has 0 bridgehead atoms. The van der Waals surface area contributed by atoms with E-state index < -0.39 is 0 Å². The molecule has 0 fully saturated rings. The Labute approximate surface area is 113 Å². The van der Waals surface area contributed by atoms with Crippen molar-refractivity contribution in [3.8, 4) is 0 Å². The summed E-state index contributed by atoms with van der Waals surface area (Å²) in [5.74, 6) is 0.137. The van der Waals surface area contributed by atoms with E-state index in [1.165, 1.54) is 11.7 Å². The lowest BCUT2D eigenvalue weighted by atomic mass is 9.99. The van der Waals surface area contributed by atoms with Crippen molar-refractivity contribution in [3.63, 3.8) is 0 Å². The maximum Gasteiger partial charge on any atom is 0.305 e. The van der Waals surface area contributed by atoms with E-state index in [0.29, 0.717) is 5.88 Å². The van der Waals surface area contributed by atoms with Crippen molar-refractivity contribution < 1.29 is 14.1 Å². The lowest BCUT2D eigenvalue weighted by Gasteiger charge is -2.21. The Balaban J connectivity index is 2.47. The molecule has 0 unspecified atom stereocenters. The van der Waals surface area contributed by atoms with Crippen LogP contribution in [0.2, 0.25) is 0 Å². The average molecular weight is 270 g/mol. The summed E-state index contributed by atoms with van der Waals surface area (Å²) in [6.45, 7) is 6.67. The number of nitrogens with zero attached hydrogens (tertiary/aromatic N) is 3. The maximum absolute atomic E-state index is 10.9. The number of carbonyl (C=O) groups is 1. The van der Waals surface area contributed by atoms with Crippen LogP contribution >= 0.6 is 0 Å². The van der Waals surface area contributed by atoms with Gasteiger partial charge >= 0.3 is 5.88 Å². The van der Waals surface area contributed by atoms with Crippen LogP contribution in [0, 0.1) is 0 Å². The second kappa shape index (κ2) is 6.51. The molecule has 1 heterocycles. The van der Waals surface area contributed by atoms with Crippen LogP contribution in [0.5, 0.6) is 0 Å². The molecule has 0 aliphatic rings. The van der Waals surface area contributed by atoms with E-state index in [2.05, 4.69) is 48.9 Å². The van der Waals surface area contributed by atoms with Crippen LogP contribution in [0.25, 0.3) is 0 Å². The third-order valence-corrected chi connectivity index (χ3v) is 2.59. The smallest absolute Gasteiger partial charge is 0.305 e. The van der Waals surface area contributed by atoms with E-state index in [1.54, 1.807) is 6.20 Å². The van der Waals surface area contributed by atoms with Crippen LogP contribution in [-0.4, -0.2) is 42.3 Å². The Morgan fingerprint density at radius 1 is 1.53 bits per heavy atom. The molecule has 1 aromatic rings. The number of rotatable bonds is 7. The van der Waals surface area contributed by atoms with Crippen molar-refractivity contribution in [3.05, 3.63) is 6.20 Å². The molecule has 0 saturated carbocycles. The van der Waals surface area contributed by atoms with Crippen LogP contribution in [0.1, 0.15) is 33.6 Å². The van der Waals surface area contributed by atoms with Crippen LogP contribution in [-0.2, 0) is 4.79 Å². The summed E-state index contributed by atoms with van der Waals surface area (Å²) < 4.78 is 4.97. The van der Waals surface area contributed by atoms with Gasteiger partial charge in [-0.3, -0.25) is 14.6 Å². The van der Waals surface area contributed by atoms with Gasteiger partial charge in [0.15, 0.2) is 0 Å². The number of nitrogens with one attached hydrogen (secondary N) is 2. The summed E-state index contributed by atoms with van der Waals surface area (Å²) in [5, 5.41) is 6.34. The molecular formula is C12H24N5O2+. The van der Waals surface area contributed by atoms with Gasteiger partial charge in [-0.15, -0.1) is 0 Å². The minimum absolute atomic E-state index is 0.106. The number of anilines is 1. The highest BCUT2D eigenvalue weighted by molar-refractivity contribution is 5.86. The van der Waals surface area contributed by atoms with Gasteiger partial charge in [0, 0.05) is 6.92 Å². The minimum atomic E-state index is -0.187. The van der Waals surface area contributed by atoms with Crippen molar-refractivity contribution in [2.24, 2.45) is 0 Å². The molecule has 7 heteroatoms. The quantitative estimate of drug-likeness (QED) is 0.709. The molecule has 2 N–H and O–H groups in total. The third kappa shape index (κ3) is 6.19. The van der Waals surface area contributed by atoms with Crippen LogP contribution in [0.4, 0.5) is 5.88 Å². The molecule has 108 valence electrons. The van der Waals surface area contributed by atoms with Crippen molar-refractivity contribution in [1.82, 2.24) is 10.2 Å².